The maximum atomic E-state index is 12.5. The van der Waals surface area contributed by atoms with Gasteiger partial charge in [-0.1, -0.05) is 44.5 Å². The first-order valence-electron chi connectivity index (χ1n) is 8.55. The maximum absolute atomic E-state index is 12.5. The molecule has 0 saturated carbocycles. The van der Waals surface area contributed by atoms with Gasteiger partial charge in [-0.3, -0.25) is 14.5 Å². The number of aromatic nitrogens is 3. The number of hydrogen-bond donors (Lipinski definition) is 2. The molecule has 0 saturated heterocycles. The number of rotatable bonds is 4. The molecule has 7 heteroatoms. The molecule has 0 fully saturated rings. The van der Waals surface area contributed by atoms with E-state index in [2.05, 4.69) is 36.3 Å². The second kappa shape index (κ2) is 7.66. The van der Waals surface area contributed by atoms with Crippen LogP contribution in [0.15, 0.2) is 48.5 Å². The number of anilines is 1. The number of hydrogen-bond acceptors (Lipinski definition) is 3. The molecule has 3 aromatic rings. The standard InChI is InChI=1S/C20H21ClN4OS/c1-20(2,3)14-6-10-16(11-7-14)22-17(26)12-25-18(23-24-19(25)27)13-4-8-15(21)9-5-13/h4-11H,12H2,1-3H3,(H,22,26)(H,24,27). The zero-order chi connectivity index (χ0) is 19.6. The van der Waals surface area contributed by atoms with E-state index in [-0.39, 0.29) is 17.9 Å². The van der Waals surface area contributed by atoms with Crippen LogP contribution in [0.2, 0.25) is 5.02 Å². The van der Waals surface area contributed by atoms with Gasteiger partial charge in [0.1, 0.15) is 6.54 Å². The lowest BCUT2D eigenvalue weighted by atomic mass is 9.87. The Labute approximate surface area is 168 Å². The monoisotopic (exact) mass is 400 g/mol. The van der Waals surface area contributed by atoms with Gasteiger partial charge in [0.15, 0.2) is 10.6 Å². The molecule has 1 aromatic heterocycles. The van der Waals surface area contributed by atoms with E-state index in [1.165, 1.54) is 5.56 Å². The fraction of sp³-hybridized carbons (Fsp3) is 0.250. The Balaban J connectivity index is 1.76. The van der Waals surface area contributed by atoms with Gasteiger partial charge in [0.25, 0.3) is 0 Å². The van der Waals surface area contributed by atoms with Gasteiger partial charge in [0, 0.05) is 16.3 Å². The zero-order valence-electron chi connectivity index (χ0n) is 15.4. The predicted octanol–water partition coefficient (Wildman–Crippen LogP) is 5.20. The summed E-state index contributed by atoms with van der Waals surface area (Å²) in [6.45, 7) is 6.52. The topological polar surface area (TPSA) is 62.7 Å². The van der Waals surface area contributed by atoms with Crippen LogP contribution in [0, 0.1) is 4.77 Å². The number of nitrogens with one attached hydrogen (secondary N) is 2. The van der Waals surface area contributed by atoms with Crippen molar-refractivity contribution in [3.05, 3.63) is 63.9 Å². The van der Waals surface area contributed by atoms with E-state index in [1.807, 2.05) is 36.4 Å². The summed E-state index contributed by atoms with van der Waals surface area (Å²) in [7, 11) is 0. The molecule has 1 heterocycles. The minimum Gasteiger partial charge on any atom is -0.325 e. The molecule has 0 aliphatic carbocycles. The van der Waals surface area contributed by atoms with Crippen LogP contribution in [-0.4, -0.2) is 20.7 Å². The first kappa shape index (κ1) is 19.3. The quantitative estimate of drug-likeness (QED) is 0.592. The molecule has 0 bridgehead atoms. The summed E-state index contributed by atoms with van der Waals surface area (Å²) in [5.74, 6) is 0.418. The molecule has 0 unspecified atom stereocenters. The lowest BCUT2D eigenvalue weighted by Gasteiger charge is -2.19. The zero-order valence-corrected chi connectivity index (χ0v) is 17.0. The Morgan fingerprint density at radius 2 is 1.78 bits per heavy atom. The minimum atomic E-state index is -0.175. The molecule has 140 valence electrons. The van der Waals surface area contributed by atoms with Crippen molar-refractivity contribution in [3.8, 4) is 11.4 Å². The maximum Gasteiger partial charge on any atom is 0.244 e. The average Bonchev–Trinajstić information content (AvgIpc) is 2.96. The third kappa shape index (κ3) is 4.64. The van der Waals surface area contributed by atoms with Crippen LogP contribution < -0.4 is 5.32 Å². The first-order valence-corrected chi connectivity index (χ1v) is 9.34. The Morgan fingerprint density at radius 3 is 2.37 bits per heavy atom. The van der Waals surface area contributed by atoms with Crippen molar-refractivity contribution in [2.45, 2.75) is 32.7 Å². The van der Waals surface area contributed by atoms with Crippen LogP contribution in [0.1, 0.15) is 26.3 Å². The van der Waals surface area contributed by atoms with Crippen LogP contribution >= 0.6 is 23.8 Å². The summed E-state index contributed by atoms with van der Waals surface area (Å²) in [6, 6.07) is 15.1. The molecule has 0 spiro atoms. The summed E-state index contributed by atoms with van der Waals surface area (Å²) >= 11 is 11.2. The summed E-state index contributed by atoms with van der Waals surface area (Å²) < 4.78 is 2.05. The van der Waals surface area contributed by atoms with Crippen LogP contribution in [0.25, 0.3) is 11.4 Å². The van der Waals surface area contributed by atoms with Gasteiger partial charge in [-0.25, -0.2) is 0 Å². The van der Waals surface area contributed by atoms with Gasteiger partial charge >= 0.3 is 0 Å². The Morgan fingerprint density at radius 1 is 1.15 bits per heavy atom. The van der Waals surface area contributed by atoms with Crippen LogP contribution in [0.4, 0.5) is 5.69 Å². The van der Waals surface area contributed by atoms with Crippen molar-refractivity contribution < 1.29 is 4.79 Å². The number of nitrogens with zero attached hydrogens (tertiary/aromatic N) is 2. The highest BCUT2D eigenvalue weighted by Gasteiger charge is 2.15. The van der Waals surface area contributed by atoms with Crippen molar-refractivity contribution in [2.75, 3.05) is 5.32 Å². The fourth-order valence-electron chi connectivity index (χ4n) is 2.68. The lowest BCUT2D eigenvalue weighted by molar-refractivity contribution is -0.116. The summed E-state index contributed by atoms with van der Waals surface area (Å²) in [4.78, 5) is 12.5. The van der Waals surface area contributed by atoms with Crippen molar-refractivity contribution in [3.63, 3.8) is 0 Å². The van der Waals surface area contributed by atoms with Crippen molar-refractivity contribution in [2.24, 2.45) is 0 Å². The SMILES string of the molecule is CC(C)(C)c1ccc(NC(=O)Cn2c(-c3ccc(Cl)cc3)n[nH]c2=S)cc1. The van der Waals surface area contributed by atoms with Gasteiger partial charge in [-0.15, -0.1) is 0 Å². The lowest BCUT2D eigenvalue weighted by Crippen LogP contribution is -2.19. The van der Waals surface area contributed by atoms with E-state index in [0.29, 0.717) is 15.6 Å². The summed E-state index contributed by atoms with van der Waals surface area (Å²) in [6.07, 6.45) is 0. The molecular weight excluding hydrogens is 380 g/mol. The van der Waals surface area contributed by atoms with E-state index in [9.17, 15) is 4.79 Å². The molecule has 2 aromatic carbocycles. The molecule has 0 aliphatic heterocycles. The first-order chi connectivity index (χ1) is 12.7. The predicted molar refractivity (Wildman–Crippen MR) is 112 cm³/mol. The summed E-state index contributed by atoms with van der Waals surface area (Å²) in [5, 5.41) is 10.5. The average molecular weight is 401 g/mol. The molecule has 5 nitrogen and oxygen atoms in total. The molecule has 0 radical (unpaired) electrons. The molecule has 0 atom stereocenters. The molecule has 0 aliphatic rings. The number of amides is 1. The molecule has 3 rings (SSSR count). The van der Waals surface area contributed by atoms with E-state index in [0.717, 1.165) is 11.3 Å². The number of aromatic amines is 1. The molecule has 1 amide bonds. The third-order valence-corrected chi connectivity index (χ3v) is 4.76. The molecule has 27 heavy (non-hydrogen) atoms. The number of H-pyrrole nitrogens is 1. The van der Waals surface area contributed by atoms with Gasteiger partial charge in [-0.05, 0) is 59.6 Å². The third-order valence-electron chi connectivity index (χ3n) is 4.20. The van der Waals surface area contributed by atoms with Crippen molar-refractivity contribution in [1.82, 2.24) is 14.8 Å². The highest BCUT2D eigenvalue weighted by atomic mass is 35.5. The second-order valence-corrected chi connectivity index (χ2v) is 8.14. The number of carbonyl (C=O) groups is 1. The van der Waals surface area contributed by atoms with Crippen LogP contribution in [0.3, 0.4) is 0 Å². The Hall–Kier alpha value is -2.44. The van der Waals surface area contributed by atoms with Crippen molar-refractivity contribution in [1.29, 1.82) is 0 Å². The fourth-order valence-corrected chi connectivity index (χ4v) is 3.00. The summed E-state index contributed by atoms with van der Waals surface area (Å²) in [5.41, 5.74) is 2.85. The number of halogens is 1. The highest BCUT2D eigenvalue weighted by Crippen LogP contribution is 2.24. The van der Waals surface area contributed by atoms with Crippen LogP contribution in [0.5, 0.6) is 0 Å². The largest absolute Gasteiger partial charge is 0.325 e. The van der Waals surface area contributed by atoms with E-state index >= 15 is 0 Å². The van der Waals surface area contributed by atoms with Gasteiger partial charge in [-0.2, -0.15) is 5.10 Å². The second-order valence-electron chi connectivity index (χ2n) is 7.32. The number of carbonyl (C=O) groups excluding carboxylic acids is 1. The smallest absolute Gasteiger partial charge is 0.244 e. The van der Waals surface area contributed by atoms with E-state index in [4.69, 9.17) is 23.8 Å². The Kier molecular flexibility index (Phi) is 5.48. The normalized spacial score (nSPS) is 11.4. The molecular formula is C20H21ClN4OS. The molecule has 2 N–H and O–H groups in total. The minimum absolute atomic E-state index is 0.0638. The van der Waals surface area contributed by atoms with Gasteiger partial charge in [0.05, 0.1) is 0 Å². The van der Waals surface area contributed by atoms with Crippen molar-refractivity contribution >= 4 is 35.4 Å². The van der Waals surface area contributed by atoms with Gasteiger partial charge in [0.2, 0.25) is 5.91 Å². The van der Waals surface area contributed by atoms with Crippen LogP contribution in [-0.2, 0) is 16.8 Å². The Bertz CT molecular complexity index is 998. The number of benzene rings is 2. The van der Waals surface area contributed by atoms with E-state index in [1.54, 1.807) is 16.7 Å². The van der Waals surface area contributed by atoms with E-state index < -0.39 is 0 Å². The highest BCUT2D eigenvalue weighted by molar-refractivity contribution is 7.71. The van der Waals surface area contributed by atoms with Gasteiger partial charge < -0.3 is 5.32 Å².